The van der Waals surface area contributed by atoms with Crippen LogP contribution in [0.1, 0.15) is 5.69 Å². The van der Waals surface area contributed by atoms with E-state index in [1.54, 1.807) is 12.1 Å². The average Bonchev–Trinajstić information content (AvgIpc) is 2.50. The van der Waals surface area contributed by atoms with Gasteiger partial charge in [-0.15, -0.1) is 0 Å². The van der Waals surface area contributed by atoms with Gasteiger partial charge >= 0.3 is 0 Å². The molecule has 0 aliphatic rings. The summed E-state index contributed by atoms with van der Waals surface area (Å²) in [6, 6.07) is 3.24. The Hall–Kier alpha value is -2.57. The fraction of sp³-hybridized carbons (Fsp3) is 0.286. The molecule has 0 atom stereocenters. The van der Waals surface area contributed by atoms with Crippen molar-refractivity contribution in [1.29, 1.82) is 0 Å². The lowest BCUT2D eigenvalue weighted by Crippen LogP contribution is -2.16. The fourth-order valence-corrected chi connectivity index (χ4v) is 1.93. The van der Waals surface area contributed by atoms with E-state index in [2.05, 4.69) is 9.97 Å². The average molecular weight is 294 g/mol. The standard InChI is InChI=1S/C14H15FN2O4/c1-7-12(15)14(18)17-13(16-7)11-9(20-3)5-8(19-2)6-10(11)21-4/h5-6H,1-4H3,(H,16,17,18). The molecule has 0 saturated carbocycles. The normalized spacial score (nSPS) is 10.3. The topological polar surface area (TPSA) is 73.4 Å². The van der Waals surface area contributed by atoms with Gasteiger partial charge in [0.05, 0.1) is 27.0 Å². The number of hydrogen-bond acceptors (Lipinski definition) is 5. The summed E-state index contributed by atoms with van der Waals surface area (Å²) in [6.45, 7) is 1.41. The molecule has 0 bridgehead atoms. The molecule has 0 fully saturated rings. The summed E-state index contributed by atoms with van der Waals surface area (Å²) < 4.78 is 29.1. The monoisotopic (exact) mass is 294 g/mol. The molecule has 0 saturated heterocycles. The zero-order valence-electron chi connectivity index (χ0n) is 12.1. The van der Waals surface area contributed by atoms with Gasteiger partial charge in [0.15, 0.2) is 0 Å². The van der Waals surface area contributed by atoms with Crippen molar-refractivity contribution >= 4 is 0 Å². The van der Waals surface area contributed by atoms with Crippen molar-refractivity contribution in [3.63, 3.8) is 0 Å². The smallest absolute Gasteiger partial charge is 0.287 e. The highest BCUT2D eigenvalue weighted by Gasteiger charge is 2.19. The first-order valence-electron chi connectivity index (χ1n) is 6.08. The van der Waals surface area contributed by atoms with Gasteiger partial charge < -0.3 is 19.2 Å². The highest BCUT2D eigenvalue weighted by molar-refractivity contribution is 5.73. The fourth-order valence-electron chi connectivity index (χ4n) is 1.93. The van der Waals surface area contributed by atoms with Crippen LogP contribution in [0.3, 0.4) is 0 Å². The van der Waals surface area contributed by atoms with E-state index in [1.807, 2.05) is 0 Å². The number of nitrogens with zero attached hydrogens (tertiary/aromatic N) is 1. The zero-order chi connectivity index (χ0) is 15.6. The van der Waals surface area contributed by atoms with E-state index in [0.29, 0.717) is 22.8 Å². The maximum atomic E-state index is 13.4. The number of methoxy groups -OCH3 is 3. The van der Waals surface area contributed by atoms with E-state index in [4.69, 9.17) is 14.2 Å². The molecule has 0 aliphatic carbocycles. The molecule has 2 aromatic rings. The third-order valence-electron chi connectivity index (χ3n) is 2.98. The Labute approximate surface area is 120 Å². The number of nitrogens with one attached hydrogen (secondary N) is 1. The van der Waals surface area contributed by atoms with Crippen LogP contribution in [0.2, 0.25) is 0 Å². The molecule has 1 N–H and O–H groups in total. The maximum Gasteiger partial charge on any atom is 0.287 e. The van der Waals surface area contributed by atoms with Gasteiger partial charge in [-0.25, -0.2) is 4.98 Å². The summed E-state index contributed by atoms with van der Waals surface area (Å²) in [4.78, 5) is 18.0. The van der Waals surface area contributed by atoms with Gasteiger partial charge in [-0.1, -0.05) is 0 Å². The van der Waals surface area contributed by atoms with Crippen LogP contribution < -0.4 is 19.8 Å². The van der Waals surface area contributed by atoms with Crippen LogP contribution in [0, 0.1) is 12.7 Å². The van der Waals surface area contributed by atoms with E-state index < -0.39 is 11.4 Å². The number of hydrogen-bond donors (Lipinski definition) is 1. The Morgan fingerprint density at radius 1 is 1.10 bits per heavy atom. The van der Waals surface area contributed by atoms with E-state index >= 15 is 0 Å². The Bertz CT molecular complexity index is 702. The first-order chi connectivity index (χ1) is 10.0. The molecule has 0 amide bonds. The molecule has 1 heterocycles. The van der Waals surface area contributed by atoms with Crippen LogP contribution >= 0.6 is 0 Å². The molecular formula is C14H15FN2O4. The molecule has 1 aromatic carbocycles. The van der Waals surface area contributed by atoms with Crippen molar-refractivity contribution in [2.45, 2.75) is 6.92 Å². The minimum Gasteiger partial charge on any atom is -0.496 e. The number of aromatic amines is 1. The van der Waals surface area contributed by atoms with Crippen molar-refractivity contribution in [3.05, 3.63) is 34.0 Å². The van der Waals surface area contributed by atoms with Gasteiger partial charge in [-0.3, -0.25) is 4.79 Å². The van der Waals surface area contributed by atoms with E-state index in [-0.39, 0.29) is 11.5 Å². The number of ether oxygens (including phenoxy) is 3. The third kappa shape index (κ3) is 2.67. The SMILES string of the molecule is COc1cc(OC)c(-c2nc(C)c(F)c(=O)[nH]2)c(OC)c1. The van der Waals surface area contributed by atoms with Crippen LogP contribution in [-0.4, -0.2) is 31.3 Å². The number of aromatic nitrogens is 2. The van der Waals surface area contributed by atoms with Crippen molar-refractivity contribution in [1.82, 2.24) is 9.97 Å². The highest BCUT2D eigenvalue weighted by atomic mass is 19.1. The summed E-state index contributed by atoms with van der Waals surface area (Å²) in [7, 11) is 4.44. The second-order valence-electron chi connectivity index (χ2n) is 4.22. The van der Waals surface area contributed by atoms with Crippen molar-refractivity contribution in [3.8, 4) is 28.6 Å². The lowest BCUT2D eigenvalue weighted by Gasteiger charge is -2.14. The minimum absolute atomic E-state index is 0.00586. The summed E-state index contributed by atoms with van der Waals surface area (Å²) in [6.07, 6.45) is 0. The molecule has 1 aromatic heterocycles. The Morgan fingerprint density at radius 2 is 1.67 bits per heavy atom. The van der Waals surface area contributed by atoms with E-state index in [9.17, 15) is 9.18 Å². The first kappa shape index (κ1) is 14.8. The molecule has 2 rings (SSSR count). The van der Waals surface area contributed by atoms with Crippen LogP contribution in [-0.2, 0) is 0 Å². The van der Waals surface area contributed by atoms with Crippen molar-refractivity contribution < 1.29 is 18.6 Å². The van der Waals surface area contributed by atoms with Crippen LogP contribution in [0.4, 0.5) is 4.39 Å². The second kappa shape index (κ2) is 5.82. The van der Waals surface area contributed by atoms with Crippen molar-refractivity contribution in [2.75, 3.05) is 21.3 Å². The molecule has 112 valence electrons. The third-order valence-corrected chi connectivity index (χ3v) is 2.98. The Morgan fingerprint density at radius 3 is 2.10 bits per heavy atom. The van der Waals surface area contributed by atoms with Gasteiger partial charge in [0.2, 0.25) is 5.82 Å². The predicted molar refractivity (Wildman–Crippen MR) is 74.6 cm³/mol. The summed E-state index contributed by atoms with van der Waals surface area (Å²) in [5.41, 5.74) is -0.438. The van der Waals surface area contributed by atoms with Gasteiger partial charge in [-0.05, 0) is 6.92 Å². The highest BCUT2D eigenvalue weighted by Crippen LogP contribution is 2.39. The van der Waals surface area contributed by atoms with Crippen LogP contribution in [0.5, 0.6) is 17.2 Å². The van der Waals surface area contributed by atoms with Gasteiger partial charge in [0, 0.05) is 12.1 Å². The summed E-state index contributed by atoms with van der Waals surface area (Å²) >= 11 is 0. The number of benzene rings is 1. The molecular weight excluding hydrogens is 279 g/mol. The quantitative estimate of drug-likeness (QED) is 0.932. The lowest BCUT2D eigenvalue weighted by atomic mass is 10.1. The molecule has 0 aliphatic heterocycles. The van der Waals surface area contributed by atoms with Crippen LogP contribution in [0.25, 0.3) is 11.4 Å². The first-order valence-corrected chi connectivity index (χ1v) is 6.08. The number of rotatable bonds is 4. The van der Waals surface area contributed by atoms with E-state index in [0.717, 1.165) is 0 Å². The minimum atomic E-state index is -0.912. The maximum absolute atomic E-state index is 13.4. The Kier molecular flexibility index (Phi) is 4.11. The second-order valence-corrected chi connectivity index (χ2v) is 4.22. The van der Waals surface area contributed by atoms with Gasteiger partial charge in [0.25, 0.3) is 5.56 Å². The molecule has 21 heavy (non-hydrogen) atoms. The number of aryl methyl sites for hydroxylation is 1. The van der Waals surface area contributed by atoms with Crippen LogP contribution in [0.15, 0.2) is 16.9 Å². The van der Waals surface area contributed by atoms with Gasteiger partial charge in [-0.2, -0.15) is 4.39 Å². The number of H-pyrrole nitrogens is 1. The largest absolute Gasteiger partial charge is 0.496 e. The molecule has 6 nitrogen and oxygen atoms in total. The molecule has 0 radical (unpaired) electrons. The summed E-state index contributed by atoms with van der Waals surface area (Å²) in [5.74, 6) is 0.551. The molecule has 7 heteroatoms. The zero-order valence-corrected chi connectivity index (χ0v) is 12.1. The molecule has 0 spiro atoms. The van der Waals surface area contributed by atoms with Gasteiger partial charge in [0.1, 0.15) is 28.6 Å². The molecule has 0 unspecified atom stereocenters. The van der Waals surface area contributed by atoms with Crippen molar-refractivity contribution in [2.24, 2.45) is 0 Å². The van der Waals surface area contributed by atoms with E-state index in [1.165, 1.54) is 28.3 Å². The summed E-state index contributed by atoms with van der Waals surface area (Å²) in [5, 5.41) is 0. The predicted octanol–water partition coefficient (Wildman–Crippen LogP) is 1.91. The Balaban J connectivity index is 2.76. The number of halogens is 1. The lowest BCUT2D eigenvalue weighted by molar-refractivity contribution is 0.377.